The molecule has 0 N–H and O–H groups in total. The Morgan fingerprint density at radius 3 is 2.79 bits per heavy atom. The zero-order valence-electron chi connectivity index (χ0n) is 19.0. The summed E-state index contributed by atoms with van der Waals surface area (Å²) in [6, 6.07) is 7.03. The average Bonchev–Trinajstić information content (AvgIpc) is 3.17. The van der Waals surface area contributed by atoms with Crippen molar-refractivity contribution in [3.63, 3.8) is 0 Å². The van der Waals surface area contributed by atoms with E-state index in [1.807, 2.05) is 25.1 Å². The van der Waals surface area contributed by atoms with E-state index in [1.54, 1.807) is 15.5 Å². The maximum atomic E-state index is 13.3. The summed E-state index contributed by atoms with van der Waals surface area (Å²) in [4.78, 5) is 32.6. The van der Waals surface area contributed by atoms with Gasteiger partial charge in [0.1, 0.15) is 0 Å². The second kappa shape index (κ2) is 10.4. The van der Waals surface area contributed by atoms with Crippen LogP contribution < -0.4 is 5.56 Å². The third kappa shape index (κ3) is 5.69. The van der Waals surface area contributed by atoms with Crippen molar-refractivity contribution < 1.29 is 13.2 Å². The number of benzene rings is 1. The van der Waals surface area contributed by atoms with Crippen molar-refractivity contribution in [2.75, 3.05) is 23.8 Å². The van der Waals surface area contributed by atoms with Crippen LogP contribution in [-0.2, 0) is 21.2 Å². The molecule has 1 aromatic heterocycles. The first-order chi connectivity index (χ1) is 15.9. The maximum Gasteiger partial charge on any atom is 0.262 e. The van der Waals surface area contributed by atoms with E-state index in [0.29, 0.717) is 35.6 Å². The van der Waals surface area contributed by atoms with Crippen LogP contribution >= 0.6 is 11.8 Å². The molecule has 9 heteroatoms. The largest absolute Gasteiger partial charge is 0.338 e. The Balaban J connectivity index is 1.54. The predicted molar refractivity (Wildman–Crippen MR) is 132 cm³/mol. The molecule has 0 bridgehead atoms. The molecule has 1 unspecified atom stereocenters. The molecular weight excluding hydrogens is 458 g/mol. The van der Waals surface area contributed by atoms with Gasteiger partial charge in [0, 0.05) is 19.1 Å². The maximum absolute atomic E-state index is 13.3. The van der Waals surface area contributed by atoms with E-state index < -0.39 is 9.84 Å². The van der Waals surface area contributed by atoms with Crippen LogP contribution in [0.5, 0.6) is 0 Å². The quantitative estimate of drug-likeness (QED) is 0.321. The molecule has 1 aliphatic heterocycles. The number of amides is 1. The molecule has 1 fully saturated rings. The van der Waals surface area contributed by atoms with Gasteiger partial charge in [0.25, 0.3) is 5.56 Å². The number of fused-ring (bicyclic) bond motifs is 1. The summed E-state index contributed by atoms with van der Waals surface area (Å²) in [5.41, 5.74) is 1.92. The molecule has 0 saturated carbocycles. The van der Waals surface area contributed by atoms with Gasteiger partial charge in [-0.25, -0.2) is 13.4 Å². The summed E-state index contributed by atoms with van der Waals surface area (Å²) in [6.07, 6.45) is 8.17. The van der Waals surface area contributed by atoms with Crippen molar-refractivity contribution in [1.82, 2.24) is 14.5 Å². The number of thioether (sulfide) groups is 1. The average molecular weight is 490 g/mol. The van der Waals surface area contributed by atoms with Crippen LogP contribution in [0.3, 0.4) is 0 Å². The summed E-state index contributed by atoms with van der Waals surface area (Å²) in [5, 5.41) is 1.12. The number of allylic oxidation sites excluding steroid dienone is 2. The monoisotopic (exact) mass is 489 g/mol. The smallest absolute Gasteiger partial charge is 0.262 e. The lowest BCUT2D eigenvalue weighted by Gasteiger charge is -2.26. The first-order valence-electron chi connectivity index (χ1n) is 11.7. The molecule has 1 aromatic carbocycles. The number of hydrogen-bond acceptors (Lipinski definition) is 6. The number of carbonyl (C=O) groups is 1. The molecule has 7 nitrogen and oxygen atoms in total. The van der Waals surface area contributed by atoms with E-state index in [9.17, 15) is 18.0 Å². The minimum atomic E-state index is -3.07. The second-order valence-corrected chi connectivity index (χ2v) is 11.9. The second-order valence-electron chi connectivity index (χ2n) is 8.75. The first-order valence-corrected chi connectivity index (χ1v) is 14.5. The van der Waals surface area contributed by atoms with Crippen molar-refractivity contribution in [2.45, 2.75) is 63.2 Å². The van der Waals surface area contributed by atoms with Crippen LogP contribution in [0, 0.1) is 0 Å². The highest BCUT2D eigenvalue weighted by atomic mass is 32.2. The molecule has 1 saturated heterocycles. The van der Waals surface area contributed by atoms with Gasteiger partial charge >= 0.3 is 0 Å². The van der Waals surface area contributed by atoms with Crippen molar-refractivity contribution in [3.05, 3.63) is 46.3 Å². The van der Waals surface area contributed by atoms with Gasteiger partial charge in [-0.3, -0.25) is 14.2 Å². The Hall–Kier alpha value is -2.13. The van der Waals surface area contributed by atoms with Gasteiger partial charge in [-0.2, -0.15) is 0 Å². The molecule has 2 aliphatic rings. The summed E-state index contributed by atoms with van der Waals surface area (Å²) in [7, 11) is -3.07. The number of carbonyl (C=O) groups excluding carboxylic acids is 1. The van der Waals surface area contributed by atoms with E-state index in [1.165, 1.54) is 30.2 Å². The van der Waals surface area contributed by atoms with Gasteiger partial charge < -0.3 is 4.90 Å². The number of rotatable bonds is 8. The number of nitrogens with zero attached hydrogens (tertiary/aromatic N) is 3. The fourth-order valence-corrected chi connectivity index (χ4v) is 7.35. The van der Waals surface area contributed by atoms with E-state index in [0.717, 1.165) is 19.3 Å². The Morgan fingerprint density at radius 2 is 2.09 bits per heavy atom. The van der Waals surface area contributed by atoms with Crippen LogP contribution in [0.2, 0.25) is 0 Å². The Bertz CT molecular complexity index is 1220. The summed E-state index contributed by atoms with van der Waals surface area (Å²) in [5.74, 6) is 0.174. The standard InChI is InChI=1S/C24H31N3O4S2/c1-2-26(19-13-15-33(30,31)17-19)22(28)16-32-24-25-21-11-7-6-10-20(21)23(29)27(24)14-12-18-8-4-3-5-9-18/h6-8,10-11,19H,2-5,9,12-17H2,1H3. The lowest BCUT2D eigenvalue weighted by molar-refractivity contribution is -0.129. The van der Waals surface area contributed by atoms with Crippen molar-refractivity contribution in [2.24, 2.45) is 0 Å². The predicted octanol–water partition coefficient (Wildman–Crippen LogP) is 3.41. The molecule has 0 spiro atoms. The van der Waals surface area contributed by atoms with Gasteiger partial charge in [0.05, 0.1) is 28.2 Å². The molecule has 2 aromatic rings. The van der Waals surface area contributed by atoms with Crippen LogP contribution in [0.25, 0.3) is 10.9 Å². The first kappa shape index (κ1) is 24.0. The van der Waals surface area contributed by atoms with Gasteiger partial charge in [-0.1, -0.05) is 35.5 Å². The topological polar surface area (TPSA) is 89.3 Å². The lowest BCUT2D eigenvalue weighted by atomic mass is 9.97. The van der Waals surface area contributed by atoms with Crippen LogP contribution in [0.15, 0.2) is 45.9 Å². The van der Waals surface area contributed by atoms with Gasteiger partial charge in [0.15, 0.2) is 15.0 Å². The summed E-state index contributed by atoms with van der Waals surface area (Å²) >= 11 is 1.26. The number of sulfone groups is 1. The van der Waals surface area contributed by atoms with E-state index in [2.05, 4.69) is 6.08 Å². The van der Waals surface area contributed by atoms with Gasteiger partial charge in [-0.15, -0.1) is 0 Å². The van der Waals surface area contributed by atoms with E-state index in [-0.39, 0.29) is 34.8 Å². The van der Waals surface area contributed by atoms with E-state index >= 15 is 0 Å². The highest BCUT2D eigenvalue weighted by molar-refractivity contribution is 7.99. The van der Waals surface area contributed by atoms with Gasteiger partial charge in [-0.05, 0) is 57.6 Å². The molecular formula is C24H31N3O4S2. The Kier molecular flexibility index (Phi) is 7.58. The highest BCUT2D eigenvalue weighted by Gasteiger charge is 2.33. The molecule has 4 rings (SSSR count). The number of hydrogen-bond donors (Lipinski definition) is 0. The number of aromatic nitrogens is 2. The zero-order valence-corrected chi connectivity index (χ0v) is 20.7. The van der Waals surface area contributed by atoms with Crippen molar-refractivity contribution in [3.8, 4) is 0 Å². The Labute approximate surface area is 199 Å². The molecule has 1 aliphatic carbocycles. The fourth-order valence-electron chi connectivity index (χ4n) is 4.71. The number of para-hydroxylation sites is 1. The van der Waals surface area contributed by atoms with Crippen LogP contribution in [-0.4, -0.2) is 58.6 Å². The molecule has 2 heterocycles. The fraction of sp³-hybridized carbons (Fsp3) is 0.542. The lowest BCUT2D eigenvalue weighted by Crippen LogP contribution is -2.42. The minimum Gasteiger partial charge on any atom is -0.338 e. The zero-order chi connectivity index (χ0) is 23.4. The third-order valence-electron chi connectivity index (χ3n) is 6.50. The molecule has 178 valence electrons. The normalized spacial score (nSPS) is 20.0. The van der Waals surface area contributed by atoms with E-state index in [4.69, 9.17) is 4.98 Å². The summed E-state index contributed by atoms with van der Waals surface area (Å²) in [6.45, 7) is 2.87. The van der Waals surface area contributed by atoms with Gasteiger partial charge in [0.2, 0.25) is 5.91 Å². The van der Waals surface area contributed by atoms with Crippen LogP contribution in [0.4, 0.5) is 0 Å². The third-order valence-corrected chi connectivity index (χ3v) is 9.21. The molecule has 1 amide bonds. The summed E-state index contributed by atoms with van der Waals surface area (Å²) < 4.78 is 25.5. The molecule has 1 atom stereocenters. The van der Waals surface area contributed by atoms with Crippen molar-refractivity contribution >= 4 is 38.4 Å². The minimum absolute atomic E-state index is 0.0330. The Morgan fingerprint density at radius 1 is 1.27 bits per heavy atom. The SMILES string of the molecule is CCN(C(=O)CSc1nc2ccccc2c(=O)n1CCC1=CCCCC1)C1CCS(=O)(=O)C1. The van der Waals surface area contributed by atoms with Crippen molar-refractivity contribution in [1.29, 1.82) is 0 Å². The van der Waals surface area contributed by atoms with Crippen LogP contribution in [0.1, 0.15) is 45.4 Å². The molecule has 33 heavy (non-hydrogen) atoms. The molecule has 0 radical (unpaired) electrons. The highest BCUT2D eigenvalue weighted by Crippen LogP contribution is 2.24.